The van der Waals surface area contributed by atoms with Crippen LogP contribution in [0.4, 0.5) is 5.69 Å². The van der Waals surface area contributed by atoms with Gasteiger partial charge >= 0.3 is 0 Å². The lowest BCUT2D eigenvalue weighted by atomic mass is 9.98. The van der Waals surface area contributed by atoms with Gasteiger partial charge in [0.2, 0.25) is 5.91 Å². The van der Waals surface area contributed by atoms with Gasteiger partial charge in [-0.1, -0.05) is 42.5 Å². The summed E-state index contributed by atoms with van der Waals surface area (Å²) in [5, 5.41) is 13.1. The van der Waals surface area contributed by atoms with Crippen LogP contribution in [0.2, 0.25) is 0 Å². The van der Waals surface area contributed by atoms with Gasteiger partial charge in [0.15, 0.2) is 5.96 Å². The van der Waals surface area contributed by atoms with Crippen LogP contribution in [-0.2, 0) is 17.9 Å². The third-order valence-electron chi connectivity index (χ3n) is 6.27. The molecule has 2 aliphatic rings. The highest BCUT2D eigenvalue weighted by Gasteiger charge is 2.32. The molecule has 0 radical (unpaired) electrons. The van der Waals surface area contributed by atoms with Crippen molar-refractivity contribution in [2.45, 2.75) is 45.3 Å². The van der Waals surface area contributed by atoms with E-state index in [4.69, 9.17) is 4.99 Å². The molecule has 1 amide bonds. The first kappa shape index (κ1) is 21.4. The maximum atomic E-state index is 12.0. The van der Waals surface area contributed by atoms with Crippen LogP contribution in [0.5, 0.6) is 0 Å². The summed E-state index contributed by atoms with van der Waals surface area (Å²) >= 11 is 0. The molecule has 0 spiro atoms. The average molecular weight is 421 g/mol. The van der Waals surface area contributed by atoms with Gasteiger partial charge in [0.25, 0.3) is 0 Å². The lowest BCUT2D eigenvalue weighted by molar-refractivity contribution is -0.127. The zero-order chi connectivity index (χ0) is 21.6. The van der Waals surface area contributed by atoms with Gasteiger partial charge < -0.3 is 20.2 Å². The molecule has 1 atom stereocenters. The third kappa shape index (κ3) is 4.74. The van der Waals surface area contributed by atoms with E-state index in [0.717, 1.165) is 56.1 Å². The molecular weight excluding hydrogens is 388 g/mol. The van der Waals surface area contributed by atoms with Gasteiger partial charge in [-0.25, -0.2) is 4.99 Å². The number of aliphatic hydroxyl groups excluding tert-OH is 1. The first-order valence-corrected chi connectivity index (χ1v) is 11.3. The van der Waals surface area contributed by atoms with Crippen LogP contribution in [0.15, 0.2) is 53.5 Å². The summed E-state index contributed by atoms with van der Waals surface area (Å²) in [7, 11) is 0. The molecule has 1 saturated heterocycles. The van der Waals surface area contributed by atoms with Crippen LogP contribution < -0.4 is 10.2 Å². The Morgan fingerprint density at radius 2 is 1.94 bits per heavy atom. The first-order valence-electron chi connectivity index (χ1n) is 11.3. The highest BCUT2D eigenvalue weighted by atomic mass is 16.3. The molecule has 31 heavy (non-hydrogen) atoms. The molecule has 2 N–H and O–H groups in total. The SMILES string of the molecule is CCNC(=NCc1ccccc1CO)N1CC(CCN2CCCC2=O)c2ccccc21. The van der Waals surface area contributed by atoms with E-state index in [2.05, 4.69) is 41.4 Å². The van der Waals surface area contributed by atoms with Crippen LogP contribution in [0.3, 0.4) is 0 Å². The number of carbonyl (C=O) groups excluding carboxylic acids is 1. The van der Waals surface area contributed by atoms with Crippen molar-refractivity contribution >= 4 is 17.6 Å². The fourth-order valence-corrected chi connectivity index (χ4v) is 4.62. The van der Waals surface area contributed by atoms with Crippen LogP contribution in [0.25, 0.3) is 0 Å². The van der Waals surface area contributed by atoms with Crippen molar-refractivity contribution in [1.82, 2.24) is 10.2 Å². The zero-order valence-corrected chi connectivity index (χ0v) is 18.3. The number of hydrogen-bond donors (Lipinski definition) is 2. The van der Waals surface area contributed by atoms with E-state index in [1.54, 1.807) is 0 Å². The van der Waals surface area contributed by atoms with Gasteiger partial charge in [-0.2, -0.15) is 0 Å². The summed E-state index contributed by atoms with van der Waals surface area (Å²) in [5.41, 5.74) is 4.47. The van der Waals surface area contributed by atoms with Crippen LogP contribution in [0, 0.1) is 0 Å². The van der Waals surface area contributed by atoms with Crippen LogP contribution in [0.1, 0.15) is 48.8 Å². The predicted octanol–water partition coefficient (Wildman–Crippen LogP) is 3.26. The number of benzene rings is 2. The topological polar surface area (TPSA) is 68.2 Å². The average Bonchev–Trinajstić information content (AvgIpc) is 3.38. The molecular formula is C25H32N4O2. The van der Waals surface area contributed by atoms with E-state index in [1.165, 1.54) is 11.3 Å². The summed E-state index contributed by atoms with van der Waals surface area (Å²) < 4.78 is 0. The van der Waals surface area contributed by atoms with Crippen molar-refractivity contribution in [1.29, 1.82) is 0 Å². The van der Waals surface area contributed by atoms with Gasteiger partial charge in [-0.05, 0) is 42.5 Å². The summed E-state index contributed by atoms with van der Waals surface area (Å²) in [4.78, 5) is 21.2. The number of amides is 1. The van der Waals surface area contributed by atoms with Crippen molar-refractivity contribution in [3.05, 3.63) is 65.2 Å². The summed E-state index contributed by atoms with van der Waals surface area (Å²) in [6, 6.07) is 16.4. The second-order valence-electron chi connectivity index (χ2n) is 8.24. The molecule has 2 aromatic carbocycles. The van der Waals surface area contributed by atoms with E-state index in [0.29, 0.717) is 24.8 Å². The van der Waals surface area contributed by atoms with Crippen LogP contribution in [-0.4, -0.2) is 48.1 Å². The quantitative estimate of drug-likeness (QED) is 0.533. The maximum Gasteiger partial charge on any atom is 0.222 e. The molecule has 2 heterocycles. The van der Waals surface area contributed by atoms with Crippen molar-refractivity contribution in [2.24, 2.45) is 4.99 Å². The summed E-state index contributed by atoms with van der Waals surface area (Å²) in [5.74, 6) is 1.53. The minimum absolute atomic E-state index is 0.0199. The molecule has 0 bridgehead atoms. The number of para-hydroxylation sites is 1. The molecule has 6 heteroatoms. The highest BCUT2D eigenvalue weighted by molar-refractivity contribution is 5.98. The lowest BCUT2D eigenvalue weighted by Crippen LogP contribution is -2.41. The lowest BCUT2D eigenvalue weighted by Gasteiger charge is -2.23. The van der Waals surface area contributed by atoms with Gasteiger partial charge in [-0.3, -0.25) is 4.79 Å². The van der Waals surface area contributed by atoms with Gasteiger partial charge in [-0.15, -0.1) is 0 Å². The van der Waals surface area contributed by atoms with E-state index in [1.807, 2.05) is 29.2 Å². The fraction of sp³-hybridized carbons (Fsp3) is 0.440. The molecule has 1 fully saturated rings. The Hall–Kier alpha value is -2.86. The molecule has 0 aliphatic carbocycles. The number of guanidine groups is 1. The minimum Gasteiger partial charge on any atom is -0.392 e. The molecule has 0 aromatic heterocycles. The van der Waals surface area contributed by atoms with Crippen molar-refractivity contribution < 1.29 is 9.90 Å². The molecule has 2 aromatic rings. The summed E-state index contributed by atoms with van der Waals surface area (Å²) in [6.07, 6.45) is 2.64. The number of aliphatic imine (C=N–C) groups is 1. The first-order chi connectivity index (χ1) is 15.2. The number of rotatable bonds is 7. The Balaban J connectivity index is 1.53. The summed E-state index contributed by atoms with van der Waals surface area (Å²) in [6.45, 7) is 5.97. The fourth-order valence-electron chi connectivity index (χ4n) is 4.62. The Morgan fingerprint density at radius 3 is 2.68 bits per heavy atom. The van der Waals surface area contributed by atoms with E-state index in [-0.39, 0.29) is 6.61 Å². The maximum absolute atomic E-state index is 12.0. The largest absolute Gasteiger partial charge is 0.392 e. The normalized spacial score (nSPS) is 18.6. The molecule has 164 valence electrons. The Morgan fingerprint density at radius 1 is 1.16 bits per heavy atom. The van der Waals surface area contributed by atoms with Crippen molar-refractivity contribution in [3.63, 3.8) is 0 Å². The molecule has 1 unspecified atom stereocenters. The number of hydrogen-bond acceptors (Lipinski definition) is 3. The second-order valence-corrected chi connectivity index (χ2v) is 8.24. The second kappa shape index (κ2) is 9.96. The Kier molecular flexibility index (Phi) is 6.87. The molecule has 4 rings (SSSR count). The van der Waals surface area contributed by atoms with Crippen molar-refractivity contribution in [3.8, 4) is 0 Å². The standard InChI is InChI=1S/C25H32N4O2/c1-2-26-25(27-16-19-8-3-4-9-21(19)18-30)29-17-20(22-10-5-6-11-23(22)29)13-15-28-14-7-12-24(28)31/h3-6,8-11,20,30H,2,7,12-18H2,1H3,(H,26,27). The number of anilines is 1. The third-order valence-corrected chi connectivity index (χ3v) is 6.27. The molecule has 2 aliphatic heterocycles. The van der Waals surface area contributed by atoms with Gasteiger partial charge in [0, 0.05) is 44.2 Å². The number of fused-ring (bicyclic) bond motifs is 1. The number of nitrogens with one attached hydrogen (secondary N) is 1. The minimum atomic E-state index is 0.0199. The molecule has 6 nitrogen and oxygen atoms in total. The van der Waals surface area contributed by atoms with Crippen molar-refractivity contribution in [2.75, 3.05) is 31.1 Å². The van der Waals surface area contributed by atoms with Crippen LogP contribution >= 0.6 is 0 Å². The van der Waals surface area contributed by atoms with Gasteiger partial charge in [0.05, 0.1) is 13.2 Å². The van der Waals surface area contributed by atoms with E-state index < -0.39 is 0 Å². The van der Waals surface area contributed by atoms with Gasteiger partial charge in [0.1, 0.15) is 0 Å². The zero-order valence-electron chi connectivity index (χ0n) is 18.3. The number of aliphatic hydroxyl groups is 1. The van der Waals surface area contributed by atoms with E-state index in [9.17, 15) is 9.90 Å². The number of carbonyl (C=O) groups is 1. The van der Waals surface area contributed by atoms with E-state index >= 15 is 0 Å². The predicted molar refractivity (Wildman–Crippen MR) is 124 cm³/mol. The monoisotopic (exact) mass is 420 g/mol. The Bertz CT molecular complexity index is 943. The number of nitrogens with zero attached hydrogens (tertiary/aromatic N) is 3. The molecule has 0 saturated carbocycles. The Labute approximate surface area is 184 Å². The number of likely N-dealkylation sites (tertiary alicyclic amines) is 1. The smallest absolute Gasteiger partial charge is 0.222 e. The highest BCUT2D eigenvalue weighted by Crippen LogP contribution is 2.38.